The molecular weight excluding hydrogens is 550 g/mol. The number of fused-ring (bicyclic) bond motifs is 1. The van der Waals surface area contributed by atoms with Crippen LogP contribution in [0, 0.1) is 0 Å². The van der Waals surface area contributed by atoms with Crippen LogP contribution in [0.1, 0.15) is 48.8 Å². The molecule has 4 rings (SSSR count). The van der Waals surface area contributed by atoms with E-state index in [0.29, 0.717) is 35.0 Å². The van der Waals surface area contributed by atoms with Gasteiger partial charge in [-0.25, -0.2) is 9.78 Å². The number of amides is 2. The molecule has 3 aromatic carbocycles. The molecule has 1 aromatic heterocycles. The highest BCUT2D eigenvalue weighted by atomic mass is 19.4. The standard InChI is InChI=1S/C29H26F6N4O2/c1-3-13-38-25(37-24-12-8-7-11-23(24)26(38)40)18(2)39(17-19-9-5-4-6-10-19)27(41)36-22-15-20(28(30,31)32)14-21(16-22)29(33,34)35/h4-12,14-16,18H,3,13,17H2,1-2H3,(H,36,41). The van der Waals surface area contributed by atoms with Crippen LogP contribution in [0.4, 0.5) is 36.8 Å². The Morgan fingerprint density at radius 3 is 2.10 bits per heavy atom. The van der Waals surface area contributed by atoms with Gasteiger partial charge in [0.1, 0.15) is 5.82 Å². The van der Waals surface area contributed by atoms with E-state index in [0.717, 1.165) is 0 Å². The van der Waals surface area contributed by atoms with Crippen LogP contribution >= 0.6 is 0 Å². The predicted molar refractivity (Wildman–Crippen MR) is 142 cm³/mol. The highest BCUT2D eigenvalue weighted by Crippen LogP contribution is 2.38. The van der Waals surface area contributed by atoms with Crippen molar-refractivity contribution < 1.29 is 31.1 Å². The molecule has 0 aliphatic heterocycles. The molecule has 1 N–H and O–H groups in total. The Bertz CT molecular complexity index is 1570. The maximum atomic E-state index is 13.6. The van der Waals surface area contributed by atoms with Gasteiger partial charge in [0.2, 0.25) is 0 Å². The van der Waals surface area contributed by atoms with Crippen molar-refractivity contribution in [3.05, 3.63) is 106 Å². The summed E-state index contributed by atoms with van der Waals surface area (Å²) in [5.41, 5.74) is -3.09. The van der Waals surface area contributed by atoms with Gasteiger partial charge < -0.3 is 10.2 Å². The summed E-state index contributed by atoms with van der Waals surface area (Å²) < 4.78 is 82.0. The molecule has 0 aliphatic rings. The van der Waals surface area contributed by atoms with Gasteiger partial charge in [-0.2, -0.15) is 26.3 Å². The molecule has 0 spiro atoms. The second-order valence-electron chi connectivity index (χ2n) is 9.46. The maximum absolute atomic E-state index is 13.6. The van der Waals surface area contributed by atoms with Crippen LogP contribution in [-0.2, 0) is 25.4 Å². The van der Waals surface area contributed by atoms with Gasteiger partial charge in [0, 0.05) is 18.8 Å². The fraction of sp³-hybridized carbons (Fsp3) is 0.276. The average Bonchev–Trinajstić information content (AvgIpc) is 2.92. The van der Waals surface area contributed by atoms with E-state index in [9.17, 15) is 35.9 Å². The fourth-order valence-corrected chi connectivity index (χ4v) is 4.47. The van der Waals surface area contributed by atoms with Gasteiger partial charge in [-0.05, 0) is 49.2 Å². The number of aromatic nitrogens is 2. The highest BCUT2D eigenvalue weighted by Gasteiger charge is 2.37. The first-order chi connectivity index (χ1) is 19.3. The Morgan fingerprint density at radius 1 is 0.927 bits per heavy atom. The Labute approximate surface area is 231 Å². The van der Waals surface area contributed by atoms with Gasteiger partial charge >= 0.3 is 18.4 Å². The Hall–Kier alpha value is -4.35. The molecule has 41 heavy (non-hydrogen) atoms. The van der Waals surface area contributed by atoms with Crippen LogP contribution in [0.5, 0.6) is 0 Å². The molecule has 1 atom stereocenters. The van der Waals surface area contributed by atoms with Crippen molar-refractivity contribution >= 4 is 22.6 Å². The van der Waals surface area contributed by atoms with Crippen LogP contribution in [0.15, 0.2) is 77.6 Å². The van der Waals surface area contributed by atoms with Gasteiger partial charge in [-0.15, -0.1) is 0 Å². The third-order valence-corrected chi connectivity index (χ3v) is 6.48. The number of alkyl halides is 6. The third-order valence-electron chi connectivity index (χ3n) is 6.48. The minimum atomic E-state index is -5.08. The molecule has 6 nitrogen and oxygen atoms in total. The molecular formula is C29H26F6N4O2. The van der Waals surface area contributed by atoms with Gasteiger partial charge in [-0.3, -0.25) is 9.36 Å². The highest BCUT2D eigenvalue weighted by molar-refractivity contribution is 5.90. The van der Waals surface area contributed by atoms with Crippen LogP contribution in [-0.4, -0.2) is 20.5 Å². The predicted octanol–water partition coefficient (Wildman–Crippen LogP) is 7.64. The Kier molecular flexibility index (Phi) is 8.41. The van der Waals surface area contributed by atoms with Crippen LogP contribution in [0.2, 0.25) is 0 Å². The summed E-state index contributed by atoms with van der Waals surface area (Å²) in [6.45, 7) is 3.66. The number of nitrogens with zero attached hydrogens (tertiary/aromatic N) is 3. The maximum Gasteiger partial charge on any atom is 0.416 e. The molecule has 0 radical (unpaired) electrons. The van der Waals surface area contributed by atoms with E-state index in [4.69, 9.17) is 0 Å². The SMILES string of the molecule is CCCn1c(C(C)N(Cc2ccccc2)C(=O)Nc2cc(C(F)(F)F)cc(C(F)(F)F)c2)nc2ccccc2c1=O. The van der Waals surface area contributed by atoms with Crippen molar-refractivity contribution in [3.8, 4) is 0 Å². The topological polar surface area (TPSA) is 67.2 Å². The third kappa shape index (κ3) is 6.69. The first-order valence-corrected chi connectivity index (χ1v) is 12.7. The minimum absolute atomic E-state index is 0.0114. The Balaban J connectivity index is 1.80. The molecule has 2 amide bonds. The molecule has 216 valence electrons. The summed E-state index contributed by atoms with van der Waals surface area (Å²) in [6, 6.07) is 14.3. The van der Waals surface area contributed by atoms with Crippen molar-refractivity contribution in [2.24, 2.45) is 0 Å². The molecule has 0 saturated heterocycles. The first kappa shape index (κ1) is 29.6. The monoisotopic (exact) mass is 576 g/mol. The van der Waals surface area contributed by atoms with E-state index in [2.05, 4.69) is 10.3 Å². The lowest BCUT2D eigenvalue weighted by molar-refractivity contribution is -0.143. The van der Waals surface area contributed by atoms with Gasteiger partial charge in [0.25, 0.3) is 5.56 Å². The van der Waals surface area contributed by atoms with Crippen molar-refractivity contribution in [2.75, 3.05) is 5.32 Å². The molecule has 0 saturated carbocycles. The van der Waals surface area contributed by atoms with Crippen molar-refractivity contribution in [2.45, 2.75) is 51.8 Å². The van der Waals surface area contributed by atoms with E-state index in [1.807, 2.05) is 6.92 Å². The largest absolute Gasteiger partial charge is 0.416 e. The second kappa shape index (κ2) is 11.6. The summed E-state index contributed by atoms with van der Waals surface area (Å²) in [4.78, 5) is 32.8. The second-order valence-corrected chi connectivity index (χ2v) is 9.46. The lowest BCUT2D eigenvalue weighted by atomic mass is 10.1. The number of hydrogen-bond donors (Lipinski definition) is 1. The molecule has 0 fully saturated rings. The van der Waals surface area contributed by atoms with E-state index < -0.39 is 41.2 Å². The Morgan fingerprint density at radius 2 is 1.51 bits per heavy atom. The molecule has 1 unspecified atom stereocenters. The number of rotatable bonds is 7. The van der Waals surface area contributed by atoms with Crippen LogP contribution < -0.4 is 10.9 Å². The number of halogens is 6. The number of anilines is 1. The summed E-state index contributed by atoms with van der Waals surface area (Å²) in [5.74, 6) is 0.224. The first-order valence-electron chi connectivity index (χ1n) is 12.7. The van der Waals surface area contributed by atoms with E-state index in [1.165, 1.54) is 9.47 Å². The number of nitrogens with one attached hydrogen (secondary N) is 1. The molecule has 12 heteroatoms. The molecule has 0 aliphatic carbocycles. The number of benzene rings is 3. The lowest BCUT2D eigenvalue weighted by Crippen LogP contribution is -2.40. The molecule has 0 bridgehead atoms. The molecule has 1 heterocycles. The van der Waals surface area contributed by atoms with E-state index in [-0.39, 0.29) is 30.5 Å². The minimum Gasteiger partial charge on any atom is -0.310 e. The fourth-order valence-electron chi connectivity index (χ4n) is 4.47. The number of hydrogen-bond acceptors (Lipinski definition) is 3. The number of carbonyl (C=O) groups excluding carboxylic acids is 1. The van der Waals surface area contributed by atoms with E-state index >= 15 is 0 Å². The zero-order chi connectivity index (χ0) is 29.9. The van der Waals surface area contributed by atoms with Crippen LogP contribution in [0.3, 0.4) is 0 Å². The quantitative estimate of drug-likeness (QED) is 0.230. The van der Waals surface area contributed by atoms with Crippen molar-refractivity contribution in [1.82, 2.24) is 14.5 Å². The average molecular weight is 577 g/mol. The van der Waals surface area contributed by atoms with Gasteiger partial charge in [0.15, 0.2) is 0 Å². The van der Waals surface area contributed by atoms with E-state index in [1.54, 1.807) is 61.5 Å². The number of para-hydroxylation sites is 1. The summed E-state index contributed by atoms with van der Waals surface area (Å²) in [5, 5.41) is 2.59. The van der Waals surface area contributed by atoms with Gasteiger partial charge in [-0.1, -0.05) is 49.4 Å². The van der Waals surface area contributed by atoms with Crippen molar-refractivity contribution in [1.29, 1.82) is 0 Å². The normalized spacial score (nSPS) is 12.8. The smallest absolute Gasteiger partial charge is 0.310 e. The summed E-state index contributed by atoms with van der Waals surface area (Å²) in [7, 11) is 0. The summed E-state index contributed by atoms with van der Waals surface area (Å²) in [6.07, 6.45) is -9.60. The van der Waals surface area contributed by atoms with Crippen LogP contribution in [0.25, 0.3) is 10.9 Å². The van der Waals surface area contributed by atoms with Crippen molar-refractivity contribution in [3.63, 3.8) is 0 Å². The zero-order valence-electron chi connectivity index (χ0n) is 22.1. The lowest BCUT2D eigenvalue weighted by Gasteiger charge is -2.31. The molecule has 4 aromatic rings. The van der Waals surface area contributed by atoms with Gasteiger partial charge in [0.05, 0.1) is 28.1 Å². The number of urea groups is 1. The number of carbonyl (C=O) groups is 1. The summed E-state index contributed by atoms with van der Waals surface area (Å²) >= 11 is 0. The zero-order valence-corrected chi connectivity index (χ0v) is 22.1.